The van der Waals surface area contributed by atoms with Crippen molar-refractivity contribution < 1.29 is 9.52 Å². The third kappa shape index (κ3) is 3.43. The van der Waals surface area contributed by atoms with Gasteiger partial charge in [0.05, 0.1) is 22.6 Å². The molecule has 0 aliphatic heterocycles. The Bertz CT molecular complexity index is 811. The number of H-pyrrole nitrogens is 1. The summed E-state index contributed by atoms with van der Waals surface area (Å²) in [5, 5.41) is 30.7. The van der Waals surface area contributed by atoms with E-state index in [-0.39, 0.29) is 5.54 Å². The number of hydrogen-bond donors (Lipinski definition) is 4. The molecule has 0 spiro atoms. The number of allylic oxidation sites excluding steroid dienone is 1. The number of nitrogens with zero attached hydrogens (tertiary/aromatic N) is 2. The summed E-state index contributed by atoms with van der Waals surface area (Å²) in [4.78, 5) is 3.23. The Labute approximate surface area is 158 Å². The highest BCUT2D eigenvalue weighted by Gasteiger charge is 2.51. The maximum absolute atomic E-state index is 11.2. The number of aromatic nitrogens is 3. The van der Waals surface area contributed by atoms with Gasteiger partial charge in [0, 0.05) is 18.0 Å². The number of aliphatic hydroxyl groups is 1. The monoisotopic (exact) mass is 369 g/mol. The van der Waals surface area contributed by atoms with Gasteiger partial charge in [0.15, 0.2) is 0 Å². The van der Waals surface area contributed by atoms with Crippen LogP contribution in [0.15, 0.2) is 29.1 Å². The van der Waals surface area contributed by atoms with Gasteiger partial charge in [-0.15, -0.1) is 10.2 Å². The summed E-state index contributed by atoms with van der Waals surface area (Å²) >= 11 is 0. The van der Waals surface area contributed by atoms with Gasteiger partial charge in [-0.1, -0.05) is 13.8 Å². The number of rotatable bonds is 5. The van der Waals surface area contributed by atoms with Crippen molar-refractivity contribution >= 4 is 17.5 Å². The first-order valence-corrected chi connectivity index (χ1v) is 9.58. The quantitative estimate of drug-likeness (QED) is 0.605. The number of aromatic amines is 1. The summed E-state index contributed by atoms with van der Waals surface area (Å²) in [7, 11) is 0. The minimum Gasteiger partial charge on any atom is -0.423 e. The van der Waals surface area contributed by atoms with E-state index in [1.807, 2.05) is 18.3 Å². The largest absolute Gasteiger partial charge is 0.423 e. The van der Waals surface area contributed by atoms with Crippen LogP contribution in [-0.2, 0) is 0 Å². The molecule has 7 heteroatoms. The van der Waals surface area contributed by atoms with Crippen molar-refractivity contribution in [1.82, 2.24) is 20.5 Å². The molecule has 27 heavy (non-hydrogen) atoms. The van der Waals surface area contributed by atoms with Gasteiger partial charge < -0.3 is 25.2 Å². The summed E-state index contributed by atoms with van der Waals surface area (Å²) < 4.78 is 5.38. The maximum atomic E-state index is 11.2. The minimum atomic E-state index is -0.626. The van der Waals surface area contributed by atoms with E-state index in [4.69, 9.17) is 9.83 Å². The molecule has 2 aliphatic rings. The molecule has 4 rings (SSSR count). The first-order valence-electron chi connectivity index (χ1n) is 9.58. The van der Waals surface area contributed by atoms with Gasteiger partial charge in [-0.25, -0.2) is 0 Å². The van der Waals surface area contributed by atoms with Crippen LogP contribution in [0.1, 0.15) is 57.5 Å². The van der Waals surface area contributed by atoms with Crippen LogP contribution < -0.4 is 5.32 Å². The van der Waals surface area contributed by atoms with E-state index in [9.17, 15) is 5.11 Å². The topological polar surface area (TPSA) is 111 Å². The zero-order chi connectivity index (χ0) is 19.1. The van der Waals surface area contributed by atoms with E-state index in [2.05, 4.69) is 34.3 Å². The smallest absolute Gasteiger partial charge is 0.251 e. The third-order valence-corrected chi connectivity index (χ3v) is 5.86. The lowest BCUT2D eigenvalue weighted by molar-refractivity contribution is -0.0951. The predicted octanol–water partition coefficient (Wildman–Crippen LogP) is 3.22. The van der Waals surface area contributed by atoms with E-state index >= 15 is 0 Å². The van der Waals surface area contributed by atoms with Crippen molar-refractivity contribution in [3.8, 4) is 0 Å². The van der Waals surface area contributed by atoms with Crippen molar-refractivity contribution in [2.24, 2.45) is 11.8 Å². The van der Waals surface area contributed by atoms with Crippen LogP contribution >= 0.6 is 0 Å². The van der Waals surface area contributed by atoms with Gasteiger partial charge in [-0.05, 0) is 56.1 Å². The predicted molar refractivity (Wildman–Crippen MR) is 103 cm³/mol. The highest BCUT2D eigenvalue weighted by molar-refractivity contribution is 6.16. The second kappa shape index (κ2) is 6.64. The van der Waals surface area contributed by atoms with Crippen molar-refractivity contribution in [2.45, 2.75) is 57.1 Å². The maximum Gasteiger partial charge on any atom is 0.251 e. The van der Waals surface area contributed by atoms with Gasteiger partial charge >= 0.3 is 0 Å². The molecule has 4 N–H and O–H groups in total. The van der Waals surface area contributed by atoms with Gasteiger partial charge in [0.25, 0.3) is 5.89 Å². The highest BCUT2D eigenvalue weighted by Crippen LogP contribution is 2.50. The molecule has 2 aromatic rings. The van der Waals surface area contributed by atoms with E-state index in [1.54, 1.807) is 0 Å². The first kappa shape index (κ1) is 18.0. The van der Waals surface area contributed by atoms with Crippen molar-refractivity contribution in [2.75, 3.05) is 0 Å². The van der Waals surface area contributed by atoms with Gasteiger partial charge in [0.1, 0.15) is 0 Å². The summed E-state index contributed by atoms with van der Waals surface area (Å²) in [6, 6.07) is 3.89. The Kier molecular flexibility index (Phi) is 4.42. The Morgan fingerprint density at radius 1 is 1.33 bits per heavy atom. The summed E-state index contributed by atoms with van der Waals surface area (Å²) in [5.41, 5.74) is 1.33. The van der Waals surface area contributed by atoms with Crippen LogP contribution in [0.25, 0.3) is 11.3 Å². The van der Waals surface area contributed by atoms with Gasteiger partial charge in [-0.2, -0.15) is 0 Å². The Morgan fingerprint density at radius 3 is 2.63 bits per heavy atom. The molecule has 144 valence electrons. The molecule has 0 saturated heterocycles. The number of hydrogen-bond acceptors (Lipinski definition) is 6. The molecule has 2 heterocycles. The average Bonchev–Trinajstić information content (AvgIpc) is 3.26. The third-order valence-electron chi connectivity index (χ3n) is 5.86. The van der Waals surface area contributed by atoms with E-state index < -0.39 is 5.60 Å². The Balaban J connectivity index is 1.79. The molecule has 2 aromatic heterocycles. The first-order chi connectivity index (χ1) is 12.9. The molecule has 7 nitrogen and oxygen atoms in total. The molecule has 0 amide bonds. The molecule has 2 bridgehead atoms. The zero-order valence-electron chi connectivity index (χ0n) is 15.8. The lowest BCUT2D eigenvalue weighted by atomic mass is 9.58. The molecular weight excluding hydrogens is 342 g/mol. The van der Waals surface area contributed by atoms with Crippen LogP contribution in [0.2, 0.25) is 0 Å². The molecule has 0 aromatic carbocycles. The second-order valence-electron chi connectivity index (χ2n) is 8.59. The fraction of sp³-hybridized carbons (Fsp3) is 0.550. The molecule has 1 unspecified atom stereocenters. The minimum absolute atomic E-state index is 0.223. The van der Waals surface area contributed by atoms with Crippen LogP contribution in [0.4, 0.5) is 0 Å². The number of nitrogens with one attached hydrogen (secondary N) is 3. The van der Waals surface area contributed by atoms with Crippen molar-refractivity contribution in [1.29, 1.82) is 5.41 Å². The lowest BCUT2D eigenvalue weighted by Crippen LogP contribution is -2.60. The molecule has 2 saturated carbocycles. The second-order valence-corrected chi connectivity index (χ2v) is 8.59. The van der Waals surface area contributed by atoms with Crippen molar-refractivity contribution in [3.63, 3.8) is 0 Å². The summed E-state index contributed by atoms with van der Waals surface area (Å²) in [6.07, 6.45) is 8.76. The van der Waals surface area contributed by atoms with Gasteiger partial charge in [0.2, 0.25) is 6.39 Å². The standard InChI is InChI=1S/C20H27N5O2/c1-13-6-19(7-14(2)9-20(26,8-13)11-19)24-17(16-4-3-5-22-16)15(10-21)18-25-23-12-27-18/h3-5,10,12-14,21-22,24,26H,6-9,11H2,1-2H3/b17-15-,21-10?/t13-,14+,19+,20?. The fourth-order valence-electron chi connectivity index (χ4n) is 5.57. The molecule has 2 aliphatic carbocycles. The van der Waals surface area contributed by atoms with E-state index in [1.165, 1.54) is 12.6 Å². The van der Waals surface area contributed by atoms with Crippen LogP contribution in [-0.4, -0.2) is 37.6 Å². The highest BCUT2D eigenvalue weighted by atomic mass is 16.4. The molecule has 4 atom stereocenters. The molecule has 2 fully saturated rings. The molecular formula is C20H27N5O2. The Hall–Kier alpha value is -2.41. The normalized spacial score (nSPS) is 34.0. The molecule has 0 radical (unpaired) electrons. The zero-order valence-corrected chi connectivity index (χ0v) is 15.8. The fourth-order valence-corrected chi connectivity index (χ4v) is 5.57. The van der Waals surface area contributed by atoms with E-state index in [0.29, 0.717) is 29.7 Å². The summed E-state index contributed by atoms with van der Waals surface area (Å²) in [6.45, 7) is 4.42. The van der Waals surface area contributed by atoms with Crippen LogP contribution in [0, 0.1) is 17.2 Å². The van der Waals surface area contributed by atoms with Crippen LogP contribution in [0.5, 0.6) is 0 Å². The Morgan fingerprint density at radius 2 is 2.07 bits per heavy atom. The van der Waals surface area contributed by atoms with E-state index in [0.717, 1.165) is 37.1 Å². The SMILES string of the molecule is C[C@@H]1CC2(O)C[C@H](C)C[C@](N/C(=C(/C=N)c3nnco3)c3ccc[nH]3)(C1)C2. The van der Waals surface area contributed by atoms with Crippen molar-refractivity contribution in [3.05, 3.63) is 36.3 Å². The summed E-state index contributed by atoms with van der Waals surface area (Å²) in [5.74, 6) is 1.17. The lowest BCUT2D eigenvalue weighted by Gasteiger charge is -2.55. The van der Waals surface area contributed by atoms with Crippen LogP contribution in [0.3, 0.4) is 0 Å². The average molecular weight is 369 g/mol. The van der Waals surface area contributed by atoms with Gasteiger partial charge in [-0.3, -0.25) is 0 Å². The number of fused-ring (bicyclic) bond motifs is 2.